The van der Waals surface area contributed by atoms with Crippen molar-refractivity contribution in [2.75, 3.05) is 0 Å². The van der Waals surface area contributed by atoms with E-state index in [4.69, 9.17) is 32.7 Å². The molecule has 3 N–H and O–H groups in total. The molecule has 0 radical (unpaired) electrons. The number of amides is 2. The van der Waals surface area contributed by atoms with E-state index in [-0.39, 0.29) is 41.5 Å². The van der Waals surface area contributed by atoms with Crippen LogP contribution < -0.4 is 10.6 Å². The first-order valence-electron chi connectivity index (χ1n) is 17.9. The van der Waals surface area contributed by atoms with Crippen molar-refractivity contribution in [2.45, 2.75) is 89.2 Å². The molecule has 1 aromatic heterocycles. The van der Waals surface area contributed by atoms with Gasteiger partial charge in [-0.3, -0.25) is 0 Å². The highest BCUT2D eigenvalue weighted by molar-refractivity contribution is 6.40. The lowest BCUT2D eigenvalue weighted by Gasteiger charge is -2.56. The molecule has 10 heteroatoms. The number of halogens is 2. The van der Waals surface area contributed by atoms with Crippen LogP contribution in [-0.4, -0.2) is 32.3 Å². The van der Waals surface area contributed by atoms with Crippen molar-refractivity contribution >= 4 is 29.2 Å². The van der Waals surface area contributed by atoms with Gasteiger partial charge in [-0.25, -0.2) is 9.78 Å². The third kappa shape index (κ3) is 6.81. The second kappa shape index (κ2) is 14.0. The van der Waals surface area contributed by atoms with Crippen molar-refractivity contribution in [3.8, 4) is 11.1 Å². The quantitative estimate of drug-likeness (QED) is 0.161. The normalized spacial score (nSPS) is 30.0. The van der Waals surface area contributed by atoms with E-state index in [1.165, 1.54) is 19.3 Å². The first-order valence-corrected chi connectivity index (χ1v) is 18.6. The number of nitrogens with zero attached hydrogens (tertiary/aromatic N) is 2. The highest BCUT2D eigenvalue weighted by Gasteiger charge is 2.51. The number of ether oxygens (including phenoxy) is 2. The monoisotopic (exact) mass is 714 g/mol. The summed E-state index contributed by atoms with van der Waals surface area (Å²) < 4.78 is 15.1. The zero-order valence-electron chi connectivity index (χ0n) is 28.2. The topological polar surface area (TPSA) is 97.6 Å². The van der Waals surface area contributed by atoms with Crippen molar-refractivity contribution in [2.24, 2.45) is 23.7 Å². The number of carbonyl (C=O) groups is 1. The van der Waals surface area contributed by atoms with Gasteiger partial charge in [-0.2, -0.15) is 0 Å². The number of nitrogens with one attached hydrogen (secondary N) is 2. The van der Waals surface area contributed by atoms with Gasteiger partial charge >= 0.3 is 6.03 Å². The first kappa shape index (κ1) is 33.7. The zero-order chi connectivity index (χ0) is 34.4. The number of urea groups is 1. The maximum Gasteiger partial charge on any atom is 0.315 e. The van der Waals surface area contributed by atoms with E-state index in [0.29, 0.717) is 18.2 Å². The van der Waals surface area contributed by atoms with Gasteiger partial charge in [0.1, 0.15) is 5.15 Å². The summed E-state index contributed by atoms with van der Waals surface area (Å²) in [5.41, 5.74) is 5.90. The average Bonchev–Trinajstić information content (AvgIpc) is 3.43. The maximum atomic E-state index is 13.2. The maximum absolute atomic E-state index is 13.2. The molecule has 50 heavy (non-hydrogen) atoms. The molecular formula is C40H44Cl2N4O4. The van der Waals surface area contributed by atoms with Crippen LogP contribution in [0.3, 0.4) is 0 Å². The second-order valence-electron chi connectivity index (χ2n) is 15.1. The van der Waals surface area contributed by atoms with E-state index in [9.17, 15) is 9.90 Å². The van der Waals surface area contributed by atoms with Crippen molar-refractivity contribution in [1.82, 2.24) is 20.2 Å². The Bertz CT molecular complexity index is 1790. The van der Waals surface area contributed by atoms with Gasteiger partial charge in [-0.05, 0) is 84.1 Å². The van der Waals surface area contributed by atoms with Crippen molar-refractivity contribution in [1.29, 1.82) is 0 Å². The summed E-state index contributed by atoms with van der Waals surface area (Å²) in [7, 11) is 0. The Morgan fingerprint density at radius 1 is 0.920 bits per heavy atom. The number of carbonyl (C=O) groups excluding carboxylic acids is 1. The molecule has 4 bridgehead atoms. The minimum absolute atomic E-state index is 0.0177. The summed E-state index contributed by atoms with van der Waals surface area (Å²) >= 11 is 12.6. The van der Waals surface area contributed by atoms with Gasteiger partial charge < -0.3 is 29.8 Å². The lowest BCUT2D eigenvalue weighted by Crippen LogP contribution is -2.61. The van der Waals surface area contributed by atoms with Crippen molar-refractivity contribution in [3.63, 3.8) is 0 Å². The largest absolute Gasteiger partial charge is 0.392 e. The summed E-state index contributed by atoms with van der Waals surface area (Å²) in [6.45, 7) is 2.99. The number of imidazole rings is 1. The molecule has 2 amide bonds. The number of aliphatic hydroxyl groups is 1. The van der Waals surface area contributed by atoms with Crippen LogP contribution in [0.15, 0.2) is 79.1 Å². The molecule has 5 aliphatic rings. The van der Waals surface area contributed by atoms with E-state index in [1.807, 2.05) is 48.5 Å². The fraction of sp³-hybridized carbons (Fsp3) is 0.450. The Morgan fingerprint density at radius 3 is 2.22 bits per heavy atom. The third-order valence-corrected chi connectivity index (χ3v) is 12.4. The van der Waals surface area contributed by atoms with Crippen LogP contribution in [0.1, 0.15) is 80.1 Å². The predicted molar refractivity (Wildman–Crippen MR) is 193 cm³/mol. The van der Waals surface area contributed by atoms with Gasteiger partial charge in [-0.1, -0.05) is 103 Å². The Labute approximate surface area is 303 Å². The standard InChI is InChI=1S/C40H44Cl2N4O4/c1-24-34(21-46-23-44-36(41)37(46)42)49-38(50-35(24)30-8-6-25(22-47)7-9-30)31-12-10-29(11-13-31)33-5-3-2-4-32(33)20-43-39(48)45-40-17-26-14-27(18-40)16-28(15-26)19-40/h2-13,23-24,26-28,34-35,38,47H,14-22H2,1H3,(H2,43,45,48). The van der Waals surface area contributed by atoms with E-state index < -0.39 is 6.29 Å². The molecule has 4 aromatic rings. The molecule has 3 aromatic carbocycles. The summed E-state index contributed by atoms with van der Waals surface area (Å²) in [5.74, 6) is 2.31. The molecule has 5 fully saturated rings. The Balaban J connectivity index is 0.979. The molecule has 0 spiro atoms. The van der Waals surface area contributed by atoms with Gasteiger partial charge in [0.25, 0.3) is 0 Å². The number of hydrogen-bond acceptors (Lipinski definition) is 5. The number of aliphatic hydroxyl groups excluding tert-OH is 1. The van der Waals surface area contributed by atoms with Crippen LogP contribution in [-0.2, 0) is 29.2 Å². The van der Waals surface area contributed by atoms with Crippen molar-refractivity contribution in [3.05, 3.63) is 112 Å². The van der Waals surface area contributed by atoms with Gasteiger partial charge in [0.15, 0.2) is 11.4 Å². The van der Waals surface area contributed by atoms with Gasteiger partial charge in [0.05, 0.1) is 31.7 Å². The molecule has 4 atom stereocenters. The molecule has 1 saturated heterocycles. The first-order chi connectivity index (χ1) is 24.3. The van der Waals surface area contributed by atoms with Crippen LogP contribution in [0.4, 0.5) is 4.79 Å². The molecule has 9 rings (SSSR count). The SMILES string of the molecule is CC1C(Cn2cnc(Cl)c2Cl)OC(c2ccc(-c3ccccc3CNC(=O)NC34CC5CC(CC(C5)C3)C4)cc2)OC1c1ccc(CO)cc1. The summed E-state index contributed by atoms with van der Waals surface area (Å²) in [4.78, 5) is 17.4. The average molecular weight is 716 g/mol. The van der Waals surface area contributed by atoms with Crippen LogP contribution in [0.2, 0.25) is 10.3 Å². The molecule has 262 valence electrons. The Hall–Kier alpha value is -3.40. The summed E-state index contributed by atoms with van der Waals surface area (Å²) in [6, 6.07) is 24.3. The zero-order valence-corrected chi connectivity index (χ0v) is 29.7. The van der Waals surface area contributed by atoms with Crippen LogP contribution in [0, 0.1) is 23.7 Å². The van der Waals surface area contributed by atoms with E-state index in [0.717, 1.165) is 70.4 Å². The minimum atomic E-state index is -0.629. The number of benzene rings is 3. The smallest absolute Gasteiger partial charge is 0.315 e. The molecule has 4 aliphatic carbocycles. The van der Waals surface area contributed by atoms with E-state index in [1.54, 1.807) is 10.9 Å². The molecule has 4 unspecified atom stereocenters. The molecular weight excluding hydrogens is 671 g/mol. The van der Waals surface area contributed by atoms with Crippen LogP contribution >= 0.6 is 23.2 Å². The summed E-state index contributed by atoms with van der Waals surface area (Å²) in [6.07, 6.45) is 7.92. The van der Waals surface area contributed by atoms with E-state index in [2.05, 4.69) is 46.8 Å². The Kier molecular flexibility index (Phi) is 9.42. The summed E-state index contributed by atoms with van der Waals surface area (Å²) in [5, 5.41) is 16.8. The third-order valence-electron chi connectivity index (χ3n) is 11.6. The van der Waals surface area contributed by atoms with Crippen molar-refractivity contribution < 1.29 is 19.4 Å². The van der Waals surface area contributed by atoms with E-state index >= 15 is 0 Å². The number of hydrogen-bond donors (Lipinski definition) is 3. The fourth-order valence-corrected chi connectivity index (χ4v) is 9.81. The number of rotatable bonds is 9. The molecule has 8 nitrogen and oxygen atoms in total. The Morgan fingerprint density at radius 2 is 1.58 bits per heavy atom. The van der Waals surface area contributed by atoms with Crippen LogP contribution in [0.5, 0.6) is 0 Å². The van der Waals surface area contributed by atoms with Gasteiger partial charge in [0, 0.05) is 23.6 Å². The second-order valence-corrected chi connectivity index (χ2v) is 15.8. The number of aromatic nitrogens is 2. The molecule has 2 heterocycles. The highest BCUT2D eigenvalue weighted by atomic mass is 35.5. The fourth-order valence-electron chi connectivity index (χ4n) is 9.49. The lowest BCUT2D eigenvalue weighted by atomic mass is 9.53. The highest BCUT2D eigenvalue weighted by Crippen LogP contribution is 2.55. The lowest BCUT2D eigenvalue weighted by molar-refractivity contribution is -0.276. The molecule has 4 saturated carbocycles. The van der Waals surface area contributed by atoms with Gasteiger partial charge in [0.2, 0.25) is 0 Å². The predicted octanol–water partition coefficient (Wildman–Crippen LogP) is 8.61. The van der Waals surface area contributed by atoms with Gasteiger partial charge in [-0.15, -0.1) is 0 Å². The van der Waals surface area contributed by atoms with Crippen LogP contribution in [0.25, 0.3) is 11.1 Å². The minimum Gasteiger partial charge on any atom is -0.392 e. The molecule has 1 aliphatic heterocycles.